The predicted octanol–water partition coefficient (Wildman–Crippen LogP) is 2.55. The lowest BCUT2D eigenvalue weighted by Crippen LogP contribution is -2.30. The number of pyridine rings is 1. The second kappa shape index (κ2) is 10.3. The maximum atomic E-state index is 13.0. The van der Waals surface area contributed by atoms with Crippen LogP contribution in [0.3, 0.4) is 0 Å². The Labute approximate surface area is 258 Å². The lowest BCUT2D eigenvalue weighted by Gasteiger charge is -2.24. The van der Waals surface area contributed by atoms with Gasteiger partial charge in [-0.05, 0) is 55.9 Å². The summed E-state index contributed by atoms with van der Waals surface area (Å²) in [5, 5.41) is 13.6. The third kappa shape index (κ3) is 4.94. The number of nitrogens with zero attached hydrogens (tertiary/aromatic N) is 9. The Kier molecular flexibility index (Phi) is 6.31. The number of carbonyl (C=O) groups is 3. The molecular formula is C31H32N10O4. The number of urea groups is 1. The minimum atomic E-state index is -0.623. The van der Waals surface area contributed by atoms with Gasteiger partial charge in [0.2, 0.25) is 17.8 Å². The number of anilines is 3. The third-order valence-corrected chi connectivity index (χ3v) is 9.16. The summed E-state index contributed by atoms with van der Waals surface area (Å²) in [4.78, 5) is 65.6. The minimum Gasteiger partial charge on any atom is -0.391 e. The lowest BCUT2D eigenvalue weighted by atomic mass is 10.1. The molecule has 2 aliphatic carbocycles. The van der Waals surface area contributed by atoms with Crippen molar-refractivity contribution >= 4 is 40.9 Å². The van der Waals surface area contributed by atoms with Crippen molar-refractivity contribution in [3.8, 4) is 0 Å². The number of aryl methyl sites for hydroxylation is 1. The van der Waals surface area contributed by atoms with Gasteiger partial charge < -0.3 is 14.4 Å². The molecule has 4 aromatic rings. The Bertz CT molecular complexity index is 1870. The standard InChI is InChI=1S/C31H32N10O4/c1-16-5-7-32-27(34-16)20-11-21(20)29(44)37-30-33-8-6-25(36-30)40-13-19(42)10-23(40)22-14-39-12-18(17-3-4-17)9-24(28(39)35-22)41-15-26(43)38(2)31(41)45/h5-9,12,14,17,19-21,23,42H,3-4,10-11,13,15H2,1-2H3,(H,33,36,37,44)/t19-,20?,21-,23+/m0/s1. The van der Waals surface area contributed by atoms with Crippen LogP contribution in [0.5, 0.6) is 0 Å². The first kappa shape index (κ1) is 27.6. The average Bonchev–Trinajstić information content (AvgIpc) is 3.94. The molecule has 4 atom stereocenters. The topological polar surface area (TPSA) is 162 Å². The number of hydrogen-bond donors (Lipinski definition) is 2. The highest BCUT2D eigenvalue weighted by atomic mass is 16.3. The Morgan fingerprint density at radius 3 is 2.62 bits per heavy atom. The van der Waals surface area contributed by atoms with Crippen molar-refractivity contribution < 1.29 is 19.5 Å². The van der Waals surface area contributed by atoms with Gasteiger partial charge in [0.25, 0.3) is 0 Å². The smallest absolute Gasteiger partial charge is 0.331 e. The molecule has 1 unspecified atom stereocenters. The largest absolute Gasteiger partial charge is 0.391 e. The van der Waals surface area contributed by atoms with E-state index < -0.39 is 6.10 Å². The molecule has 8 rings (SSSR count). The fourth-order valence-corrected chi connectivity index (χ4v) is 6.44. The van der Waals surface area contributed by atoms with E-state index in [4.69, 9.17) is 4.98 Å². The van der Waals surface area contributed by atoms with Crippen LogP contribution in [0.1, 0.15) is 66.3 Å². The van der Waals surface area contributed by atoms with E-state index >= 15 is 0 Å². The molecule has 14 nitrogen and oxygen atoms in total. The van der Waals surface area contributed by atoms with Crippen LogP contribution in [-0.2, 0) is 9.59 Å². The van der Waals surface area contributed by atoms with Crippen LogP contribution in [0.15, 0.2) is 43.0 Å². The van der Waals surface area contributed by atoms with Crippen LogP contribution in [0, 0.1) is 12.8 Å². The molecule has 0 spiro atoms. The molecule has 6 heterocycles. The van der Waals surface area contributed by atoms with Crippen LogP contribution >= 0.6 is 0 Å². The zero-order chi connectivity index (χ0) is 31.0. The van der Waals surface area contributed by atoms with Gasteiger partial charge in [0.15, 0.2) is 5.65 Å². The molecule has 2 aliphatic heterocycles. The molecule has 0 radical (unpaired) electrons. The van der Waals surface area contributed by atoms with Gasteiger partial charge in [0, 0.05) is 62.3 Å². The molecular weight excluding hydrogens is 576 g/mol. The van der Waals surface area contributed by atoms with E-state index in [-0.39, 0.29) is 48.2 Å². The highest BCUT2D eigenvalue weighted by Gasteiger charge is 2.46. The summed E-state index contributed by atoms with van der Waals surface area (Å²) in [6.45, 7) is 2.18. The summed E-state index contributed by atoms with van der Waals surface area (Å²) in [6, 6.07) is 4.86. The van der Waals surface area contributed by atoms with Gasteiger partial charge in [-0.3, -0.25) is 24.7 Å². The summed E-state index contributed by atoms with van der Waals surface area (Å²) in [5.74, 6) is 1.10. The van der Waals surface area contributed by atoms with E-state index in [1.807, 2.05) is 40.8 Å². The fourth-order valence-electron chi connectivity index (χ4n) is 6.44. The van der Waals surface area contributed by atoms with E-state index in [0.717, 1.165) is 29.0 Å². The van der Waals surface area contributed by atoms with Gasteiger partial charge in [-0.15, -0.1) is 0 Å². The Hall–Kier alpha value is -4.98. The number of hydrogen-bond acceptors (Lipinski definition) is 10. The number of carbonyl (C=O) groups excluding carboxylic acids is 3. The number of imidazole rings is 1. The first-order chi connectivity index (χ1) is 21.7. The van der Waals surface area contributed by atoms with E-state index in [9.17, 15) is 19.5 Å². The number of likely N-dealkylation sites (N-methyl/N-ethyl adjacent to an activating group) is 1. The average molecular weight is 609 g/mol. The molecule has 0 bridgehead atoms. The number of fused-ring (bicyclic) bond motifs is 1. The normalized spacial score (nSPS) is 24.6. The molecule has 14 heteroatoms. The molecule has 2 saturated carbocycles. The van der Waals surface area contributed by atoms with Gasteiger partial charge in [-0.1, -0.05) is 0 Å². The molecule has 45 heavy (non-hydrogen) atoms. The molecule has 4 fully saturated rings. The molecule has 4 aliphatic rings. The Morgan fingerprint density at radius 2 is 1.87 bits per heavy atom. The van der Waals surface area contributed by atoms with E-state index in [0.29, 0.717) is 54.0 Å². The quantitative estimate of drug-likeness (QED) is 0.298. The van der Waals surface area contributed by atoms with Gasteiger partial charge in [-0.25, -0.2) is 24.7 Å². The van der Waals surface area contributed by atoms with Crippen molar-refractivity contribution in [1.29, 1.82) is 0 Å². The fraction of sp³-hybridized carbons (Fsp3) is 0.419. The molecule has 2 N–H and O–H groups in total. The SMILES string of the molecule is Cc1ccnc(C2C[C@@H]2C(=O)Nc2nccc(N3C[C@@H](O)C[C@@H]3c3cn4cc(C5CC5)cc(N5CC(=O)N(C)C5=O)c4n3)n2)n1. The number of rotatable bonds is 7. The van der Waals surface area contributed by atoms with Crippen molar-refractivity contribution in [2.24, 2.45) is 5.92 Å². The molecule has 4 aromatic heterocycles. The second-order valence-electron chi connectivity index (χ2n) is 12.4. The van der Waals surface area contributed by atoms with Crippen LogP contribution in [0.4, 0.5) is 22.2 Å². The summed E-state index contributed by atoms with van der Waals surface area (Å²) in [5.41, 5.74) is 3.83. The number of aromatic nitrogens is 6. The summed E-state index contributed by atoms with van der Waals surface area (Å²) < 4.78 is 1.92. The maximum absolute atomic E-state index is 13.0. The molecule has 0 aromatic carbocycles. The van der Waals surface area contributed by atoms with Gasteiger partial charge in [0.1, 0.15) is 18.2 Å². The zero-order valence-electron chi connectivity index (χ0n) is 24.9. The van der Waals surface area contributed by atoms with Crippen molar-refractivity contribution in [1.82, 2.24) is 34.2 Å². The number of β-amino-alcohol motifs (C(OH)–C–C–N with tert-alkyl or cyclic N) is 1. The highest BCUT2D eigenvalue weighted by molar-refractivity contribution is 6.13. The summed E-state index contributed by atoms with van der Waals surface area (Å²) >= 11 is 0. The van der Waals surface area contributed by atoms with Crippen LogP contribution in [-0.4, -0.2) is 83.4 Å². The maximum Gasteiger partial charge on any atom is 0.331 e. The highest BCUT2D eigenvalue weighted by Crippen LogP contribution is 2.47. The lowest BCUT2D eigenvalue weighted by molar-refractivity contribution is -0.124. The first-order valence-corrected chi connectivity index (χ1v) is 15.2. The number of amides is 4. The number of aliphatic hydroxyl groups excluding tert-OH is 1. The third-order valence-electron chi connectivity index (χ3n) is 9.16. The monoisotopic (exact) mass is 608 g/mol. The predicted molar refractivity (Wildman–Crippen MR) is 162 cm³/mol. The molecule has 230 valence electrons. The first-order valence-electron chi connectivity index (χ1n) is 15.2. The number of nitrogens with one attached hydrogen (secondary N) is 1. The molecule has 2 saturated heterocycles. The van der Waals surface area contributed by atoms with Gasteiger partial charge >= 0.3 is 6.03 Å². The van der Waals surface area contributed by atoms with E-state index in [1.54, 1.807) is 18.5 Å². The van der Waals surface area contributed by atoms with E-state index in [1.165, 1.54) is 11.9 Å². The second-order valence-corrected chi connectivity index (χ2v) is 12.4. The van der Waals surface area contributed by atoms with Crippen LogP contribution < -0.4 is 15.1 Å². The number of aliphatic hydroxyl groups is 1. The summed E-state index contributed by atoms with van der Waals surface area (Å²) in [6.07, 6.45) is 9.89. The van der Waals surface area contributed by atoms with Crippen molar-refractivity contribution in [2.45, 2.75) is 56.6 Å². The van der Waals surface area contributed by atoms with E-state index in [2.05, 4.69) is 25.3 Å². The Balaban J connectivity index is 1.06. The van der Waals surface area contributed by atoms with Crippen molar-refractivity contribution in [3.05, 3.63) is 65.8 Å². The van der Waals surface area contributed by atoms with Crippen LogP contribution in [0.2, 0.25) is 0 Å². The van der Waals surface area contributed by atoms with Crippen molar-refractivity contribution in [3.63, 3.8) is 0 Å². The zero-order valence-corrected chi connectivity index (χ0v) is 24.9. The van der Waals surface area contributed by atoms with Gasteiger partial charge in [0.05, 0.1) is 23.5 Å². The van der Waals surface area contributed by atoms with Crippen LogP contribution in [0.25, 0.3) is 5.65 Å². The molecule has 4 amide bonds. The summed E-state index contributed by atoms with van der Waals surface area (Å²) in [7, 11) is 1.49. The van der Waals surface area contributed by atoms with Gasteiger partial charge in [-0.2, -0.15) is 4.98 Å². The van der Waals surface area contributed by atoms with Crippen molar-refractivity contribution in [2.75, 3.05) is 35.3 Å². The number of imide groups is 1. The minimum absolute atomic E-state index is 0.0269. The Morgan fingerprint density at radius 1 is 1.04 bits per heavy atom.